The van der Waals surface area contributed by atoms with E-state index in [0.29, 0.717) is 10.6 Å². The van der Waals surface area contributed by atoms with E-state index in [-0.39, 0.29) is 12.4 Å². The Morgan fingerprint density at radius 3 is 2.16 bits per heavy atom. The van der Waals surface area contributed by atoms with Gasteiger partial charge >= 0.3 is 158 Å². The number of hydrogen-bond acceptors (Lipinski definition) is 0. The minimum atomic E-state index is 0. The first-order valence-corrected chi connectivity index (χ1v) is 11.0. The smallest absolute Gasteiger partial charge is 0.147 e. The summed E-state index contributed by atoms with van der Waals surface area (Å²) in [5.41, 5.74) is 1.55. The van der Waals surface area contributed by atoms with Crippen molar-refractivity contribution in [2.45, 2.75) is 82.3 Å². The third-order valence-corrected chi connectivity index (χ3v) is 6.53. The van der Waals surface area contributed by atoms with E-state index in [1.165, 1.54) is 68.6 Å². The molecule has 0 aliphatic carbocycles. The van der Waals surface area contributed by atoms with Gasteiger partial charge < -0.3 is 0 Å². The zero-order chi connectivity index (χ0) is 17.2. The van der Waals surface area contributed by atoms with Crippen LogP contribution in [0.3, 0.4) is 0 Å². The van der Waals surface area contributed by atoms with Crippen LogP contribution in [0.5, 0.6) is 0 Å². The van der Waals surface area contributed by atoms with E-state index < -0.39 is 0 Å². The van der Waals surface area contributed by atoms with Crippen LogP contribution in [0.1, 0.15) is 83.1 Å². The summed E-state index contributed by atoms with van der Waals surface area (Å²) in [4.78, 5) is 0. The Bertz CT molecular complexity index is 590. The van der Waals surface area contributed by atoms with Crippen molar-refractivity contribution in [2.24, 2.45) is 0 Å². The molecule has 2 atom stereocenters. The fraction of sp³-hybridized carbons (Fsp3) is 0.565. The first kappa shape index (κ1) is 22.6. The molecule has 0 fully saturated rings. The van der Waals surface area contributed by atoms with Crippen LogP contribution < -0.4 is 0 Å². The minimum absolute atomic E-state index is 0. The number of rotatable bonds is 11. The van der Waals surface area contributed by atoms with Crippen LogP contribution in [0, 0.1) is 0 Å². The van der Waals surface area contributed by atoms with Gasteiger partial charge in [-0.3, -0.25) is 0 Å². The van der Waals surface area contributed by atoms with E-state index in [2.05, 4.69) is 73.2 Å². The molecule has 0 N–H and O–H groups in total. The summed E-state index contributed by atoms with van der Waals surface area (Å²) in [6.45, 7) is 4.63. The molecule has 0 aliphatic rings. The van der Waals surface area contributed by atoms with Crippen LogP contribution in [0.25, 0.3) is 10.8 Å². The molecule has 0 heterocycles. The molecule has 2 heteroatoms. The van der Waals surface area contributed by atoms with Crippen molar-refractivity contribution in [1.29, 1.82) is 0 Å². The second-order valence-corrected chi connectivity index (χ2v) is 8.45. The maximum atomic E-state index is 2.98. The molecule has 2 radical (unpaired) electrons. The number of unbranched alkanes of at least 4 members (excludes halogenated alkanes) is 6. The molecule has 138 valence electrons. The van der Waals surface area contributed by atoms with Crippen molar-refractivity contribution in [2.75, 3.05) is 0 Å². The average molecular weight is 421 g/mol. The third kappa shape index (κ3) is 6.99. The normalized spacial score (nSPS) is 13.4. The maximum Gasteiger partial charge on any atom is -0.147 e. The Morgan fingerprint density at radius 1 is 0.800 bits per heavy atom. The number of hydrogen-bond donors (Lipinski definition) is 0. The van der Waals surface area contributed by atoms with E-state index in [0.717, 1.165) is 0 Å². The zero-order valence-corrected chi connectivity index (χ0v) is 18.6. The molecule has 25 heavy (non-hydrogen) atoms. The van der Waals surface area contributed by atoms with Crippen molar-refractivity contribution in [3.05, 3.63) is 48.0 Å². The molecule has 2 aromatic carbocycles. The van der Waals surface area contributed by atoms with Crippen molar-refractivity contribution in [3.63, 3.8) is 0 Å². The molecule has 0 amide bonds. The van der Waals surface area contributed by atoms with E-state index in [1.807, 2.05) is 0 Å². The van der Waals surface area contributed by atoms with Crippen LogP contribution >= 0.6 is 12.4 Å². The molecule has 2 rings (SSSR count). The standard InChI is InChI=1S/C23H33As.ClH/c1-3-5-6-7-8-9-10-18-23(24)20(4-2)22-17-13-15-19-14-11-12-16-21(19)22;/h11-17,20,23H,3-10,18H2,1-2H3;1H. The van der Waals surface area contributed by atoms with Gasteiger partial charge in [0.1, 0.15) is 0 Å². The minimum Gasteiger partial charge on any atom is -0.147 e. The van der Waals surface area contributed by atoms with Crippen molar-refractivity contribution in [3.8, 4) is 0 Å². The monoisotopic (exact) mass is 420 g/mol. The summed E-state index contributed by atoms with van der Waals surface area (Å²) in [5.74, 6) is 0.663. The average Bonchev–Trinajstić information content (AvgIpc) is 2.62. The van der Waals surface area contributed by atoms with Gasteiger partial charge in [-0.05, 0) is 0 Å². The van der Waals surface area contributed by atoms with Crippen LogP contribution in [0.15, 0.2) is 42.5 Å². The maximum absolute atomic E-state index is 2.98. The molecule has 0 spiro atoms. The van der Waals surface area contributed by atoms with Gasteiger partial charge in [-0.1, -0.05) is 0 Å². The van der Waals surface area contributed by atoms with Crippen molar-refractivity contribution >= 4 is 40.0 Å². The summed E-state index contributed by atoms with van der Waals surface area (Å²) in [7, 11) is 0. The van der Waals surface area contributed by atoms with Gasteiger partial charge in [-0.25, -0.2) is 0 Å². The second-order valence-electron chi connectivity index (χ2n) is 7.06. The van der Waals surface area contributed by atoms with Gasteiger partial charge in [-0.2, -0.15) is 0 Å². The van der Waals surface area contributed by atoms with E-state index in [9.17, 15) is 0 Å². The van der Waals surface area contributed by atoms with E-state index in [1.54, 1.807) is 5.56 Å². The molecule has 2 unspecified atom stereocenters. The molecule has 0 saturated carbocycles. The topological polar surface area (TPSA) is 0 Å². The fourth-order valence-corrected chi connectivity index (χ4v) is 4.95. The summed E-state index contributed by atoms with van der Waals surface area (Å²) >= 11 is 2.98. The van der Waals surface area contributed by atoms with Crippen LogP contribution in [-0.2, 0) is 0 Å². The Hall–Kier alpha value is -0.452. The number of benzene rings is 2. The van der Waals surface area contributed by atoms with Crippen LogP contribution in [-0.4, -0.2) is 16.9 Å². The van der Waals surface area contributed by atoms with Gasteiger partial charge in [-0.15, -0.1) is 12.4 Å². The molecule has 0 nitrogen and oxygen atoms in total. The summed E-state index contributed by atoms with van der Waals surface area (Å²) in [5, 5.41) is 2.83. The molecule has 0 aliphatic heterocycles. The van der Waals surface area contributed by atoms with Gasteiger partial charge in [0.05, 0.1) is 0 Å². The number of halogens is 1. The van der Waals surface area contributed by atoms with E-state index >= 15 is 0 Å². The molecular formula is C23H34AsCl. The Balaban J connectivity index is 0.00000312. The summed E-state index contributed by atoms with van der Waals surface area (Å²) in [6.07, 6.45) is 12.4. The van der Waals surface area contributed by atoms with Gasteiger partial charge in [0.2, 0.25) is 0 Å². The second kappa shape index (κ2) is 12.8. The zero-order valence-electron chi connectivity index (χ0n) is 15.9. The van der Waals surface area contributed by atoms with Crippen LogP contribution in [0.4, 0.5) is 0 Å². The van der Waals surface area contributed by atoms with Gasteiger partial charge in [0, 0.05) is 0 Å². The van der Waals surface area contributed by atoms with E-state index in [4.69, 9.17) is 0 Å². The Labute approximate surface area is 170 Å². The molecule has 0 aromatic heterocycles. The summed E-state index contributed by atoms with van der Waals surface area (Å²) < 4.78 is 0.712. The first-order chi connectivity index (χ1) is 11.8. The van der Waals surface area contributed by atoms with Crippen molar-refractivity contribution < 1.29 is 0 Å². The Kier molecular flexibility index (Phi) is 11.6. The molecule has 0 saturated heterocycles. The number of fused-ring (bicyclic) bond motifs is 1. The largest absolute Gasteiger partial charge is 0.147 e. The van der Waals surface area contributed by atoms with Crippen molar-refractivity contribution in [1.82, 2.24) is 0 Å². The molecular weight excluding hydrogens is 387 g/mol. The third-order valence-electron chi connectivity index (χ3n) is 5.23. The first-order valence-electron chi connectivity index (χ1n) is 9.93. The quantitative estimate of drug-likeness (QED) is 0.256. The molecule has 0 bridgehead atoms. The predicted octanol–water partition coefficient (Wildman–Crippen LogP) is 7.85. The summed E-state index contributed by atoms with van der Waals surface area (Å²) in [6, 6.07) is 15.7. The fourth-order valence-electron chi connectivity index (χ4n) is 3.78. The van der Waals surface area contributed by atoms with Gasteiger partial charge in [0.15, 0.2) is 0 Å². The molecule has 2 aromatic rings. The SMILES string of the molecule is CCCCCCCCCC([As])C(CC)c1cccc2ccccc12.Cl. The Morgan fingerprint density at radius 2 is 1.44 bits per heavy atom. The predicted molar refractivity (Wildman–Crippen MR) is 116 cm³/mol. The van der Waals surface area contributed by atoms with Crippen LogP contribution in [0.2, 0.25) is 4.71 Å². The van der Waals surface area contributed by atoms with Gasteiger partial charge in [0.25, 0.3) is 0 Å².